The number of nitro benzene ring substituents is 1. The highest BCUT2D eigenvalue weighted by Crippen LogP contribution is 2.39. The molecule has 5 aromatic rings. The van der Waals surface area contributed by atoms with Crippen LogP contribution in [0.3, 0.4) is 0 Å². The van der Waals surface area contributed by atoms with Crippen molar-refractivity contribution in [2.75, 3.05) is 103 Å². The summed E-state index contributed by atoms with van der Waals surface area (Å²) in [5, 5.41) is 16.9. The summed E-state index contributed by atoms with van der Waals surface area (Å²) in [6, 6.07) is 18.2. The molecule has 1 unspecified atom stereocenters. The Hall–Kier alpha value is -6.92. The number of carbonyl (C=O) groups excluding carboxylic acids is 4. The van der Waals surface area contributed by atoms with Crippen molar-refractivity contribution >= 4 is 69.0 Å². The second-order valence-corrected chi connectivity index (χ2v) is 16.8. The van der Waals surface area contributed by atoms with Gasteiger partial charge in [0.25, 0.3) is 11.6 Å². The first-order chi connectivity index (χ1) is 35.5. The lowest BCUT2D eigenvalue weighted by Gasteiger charge is -2.29. The van der Waals surface area contributed by atoms with Crippen LogP contribution in [-0.4, -0.2) is 142 Å². The van der Waals surface area contributed by atoms with E-state index >= 15 is 0 Å². The summed E-state index contributed by atoms with van der Waals surface area (Å²) in [5.74, 6) is -0.738. The maximum Gasteiger partial charge on any atom is 0.269 e. The van der Waals surface area contributed by atoms with Crippen LogP contribution in [0.2, 0.25) is 5.02 Å². The Bertz CT molecular complexity index is 2720. The quantitative estimate of drug-likeness (QED) is 0.0234. The van der Waals surface area contributed by atoms with Crippen LogP contribution < -0.4 is 25.0 Å². The average molecular weight is 1030 g/mol. The van der Waals surface area contributed by atoms with Crippen molar-refractivity contribution in [2.45, 2.75) is 38.4 Å². The van der Waals surface area contributed by atoms with Crippen molar-refractivity contribution in [3.05, 3.63) is 117 Å². The van der Waals surface area contributed by atoms with Gasteiger partial charge in [0, 0.05) is 65.6 Å². The number of methoxy groups -OCH3 is 1. The fraction of sp³-hybridized carbons (Fsp3) is 0.400. The van der Waals surface area contributed by atoms with Crippen LogP contribution >= 0.6 is 11.6 Å². The van der Waals surface area contributed by atoms with Gasteiger partial charge in [-0.3, -0.25) is 34.6 Å². The topological polar surface area (TPSA) is 242 Å². The first kappa shape index (κ1) is 53.9. The standard InChI is InChI=1S/C50H55ClFN7O14/c1-66-44-29-42-37(48(54-32-53-42)57(35-9-10-40(52)39(51)27-35)30-33-5-7-34(8-6-33)59(64)65)28-45(44)73-26-25-72-24-23-71-22-21-70-20-19-69-18-17-68-16-15-67-14-13-47(61)55-41-4-2-3-36-38(41)31-58(50(36)63)43-11-12-46(60)56-49(43)62/h2-10,27-29,32,43H,11-26,30-31H2,1H3,(H,55,61)(H,56,60,62). The van der Waals surface area contributed by atoms with E-state index in [0.717, 1.165) is 5.56 Å². The van der Waals surface area contributed by atoms with E-state index in [1.807, 2.05) is 0 Å². The normalized spacial score (nSPS) is 14.3. The molecule has 0 bridgehead atoms. The summed E-state index contributed by atoms with van der Waals surface area (Å²) < 4.78 is 59.4. The van der Waals surface area contributed by atoms with E-state index in [1.54, 1.807) is 53.4 Å². The second-order valence-electron chi connectivity index (χ2n) is 16.4. The van der Waals surface area contributed by atoms with Gasteiger partial charge in [0.05, 0.1) is 108 Å². The van der Waals surface area contributed by atoms with E-state index < -0.39 is 22.7 Å². The number of aromatic nitrogens is 2. The van der Waals surface area contributed by atoms with Gasteiger partial charge in [0.1, 0.15) is 30.6 Å². The van der Waals surface area contributed by atoms with Crippen LogP contribution in [0.1, 0.15) is 40.7 Å². The van der Waals surface area contributed by atoms with Gasteiger partial charge in [0.2, 0.25) is 17.7 Å². The summed E-state index contributed by atoms with van der Waals surface area (Å²) in [4.78, 5) is 72.7. The zero-order chi connectivity index (χ0) is 51.5. The highest BCUT2D eigenvalue weighted by molar-refractivity contribution is 6.31. The number of benzene rings is 4. The van der Waals surface area contributed by atoms with Crippen LogP contribution in [0.4, 0.5) is 27.3 Å². The molecule has 1 aromatic heterocycles. The Morgan fingerprint density at radius 2 is 1.48 bits per heavy atom. The molecule has 2 aliphatic rings. The van der Waals surface area contributed by atoms with Crippen molar-refractivity contribution in [3.63, 3.8) is 0 Å². The van der Waals surface area contributed by atoms with E-state index in [2.05, 4.69) is 20.6 Å². The van der Waals surface area contributed by atoms with Gasteiger partial charge in [-0.1, -0.05) is 29.8 Å². The molecule has 0 radical (unpaired) electrons. The van der Waals surface area contributed by atoms with E-state index in [1.165, 1.54) is 42.6 Å². The van der Waals surface area contributed by atoms with Crippen LogP contribution in [0.5, 0.6) is 11.5 Å². The van der Waals surface area contributed by atoms with E-state index in [-0.39, 0.29) is 80.6 Å². The molecule has 4 amide bonds. The highest BCUT2D eigenvalue weighted by Gasteiger charge is 2.40. The van der Waals surface area contributed by atoms with Gasteiger partial charge < -0.3 is 53.0 Å². The Morgan fingerprint density at radius 1 is 0.836 bits per heavy atom. The zero-order valence-corrected chi connectivity index (χ0v) is 40.8. The van der Waals surface area contributed by atoms with Crippen molar-refractivity contribution in [1.82, 2.24) is 20.2 Å². The van der Waals surface area contributed by atoms with Gasteiger partial charge in [-0.25, -0.2) is 14.4 Å². The van der Waals surface area contributed by atoms with Crippen LogP contribution in [0, 0.1) is 15.9 Å². The number of nitrogens with zero attached hydrogens (tertiary/aromatic N) is 5. The highest BCUT2D eigenvalue weighted by atomic mass is 35.5. The molecule has 1 saturated heterocycles. The zero-order valence-electron chi connectivity index (χ0n) is 40.0. The first-order valence-electron chi connectivity index (χ1n) is 23.4. The predicted octanol–water partition coefficient (Wildman–Crippen LogP) is 5.95. The number of nitrogens with one attached hydrogen (secondary N) is 2. The smallest absolute Gasteiger partial charge is 0.269 e. The maximum absolute atomic E-state index is 14.2. The lowest BCUT2D eigenvalue weighted by Crippen LogP contribution is -2.52. The third kappa shape index (κ3) is 15.1. The average Bonchev–Trinajstić information content (AvgIpc) is 3.72. The Balaban J connectivity index is 0.710. The van der Waals surface area contributed by atoms with Gasteiger partial charge in [-0.2, -0.15) is 0 Å². The molecule has 73 heavy (non-hydrogen) atoms. The number of non-ortho nitro benzene ring substituents is 1. The van der Waals surface area contributed by atoms with Crippen molar-refractivity contribution in [3.8, 4) is 11.5 Å². The third-order valence-electron chi connectivity index (χ3n) is 11.5. The SMILES string of the molecule is COc1cc2ncnc(N(Cc3ccc([N+](=O)[O-])cc3)c3ccc(F)c(Cl)c3)c2cc1OCCOCCOCCOCCOCCOCCOCCC(=O)Nc1cccc2c1CN(C1CCC(=O)NC1=O)C2=O. The molecule has 3 heterocycles. The number of imide groups is 1. The lowest BCUT2D eigenvalue weighted by atomic mass is 10.0. The molecule has 0 aliphatic carbocycles. The van der Waals surface area contributed by atoms with Gasteiger partial charge in [-0.05, 0) is 48.4 Å². The van der Waals surface area contributed by atoms with E-state index in [4.69, 9.17) is 49.5 Å². The molecular formula is C50H55ClFN7O14. The number of ether oxygens (including phenoxy) is 8. The first-order valence-corrected chi connectivity index (χ1v) is 23.8. The summed E-state index contributed by atoms with van der Waals surface area (Å²) in [7, 11) is 1.52. The molecule has 1 atom stereocenters. The maximum atomic E-state index is 14.2. The molecule has 388 valence electrons. The van der Waals surface area contributed by atoms with Crippen molar-refractivity contribution in [2.24, 2.45) is 0 Å². The number of hydrogen-bond acceptors (Lipinski definition) is 17. The molecule has 23 heteroatoms. The number of fused-ring (bicyclic) bond motifs is 2. The minimum atomic E-state index is -0.741. The van der Waals surface area contributed by atoms with Crippen molar-refractivity contribution in [1.29, 1.82) is 0 Å². The Morgan fingerprint density at radius 3 is 2.10 bits per heavy atom. The second kappa shape index (κ2) is 27.2. The molecular weight excluding hydrogens is 977 g/mol. The van der Waals surface area contributed by atoms with E-state index in [0.29, 0.717) is 117 Å². The summed E-state index contributed by atoms with van der Waals surface area (Å²) >= 11 is 6.20. The van der Waals surface area contributed by atoms with E-state index in [9.17, 15) is 33.7 Å². The van der Waals surface area contributed by atoms with Gasteiger partial charge in [-0.15, -0.1) is 0 Å². The van der Waals surface area contributed by atoms with Gasteiger partial charge >= 0.3 is 0 Å². The minimum absolute atomic E-state index is 0.0508. The summed E-state index contributed by atoms with van der Waals surface area (Å²) in [5.41, 5.74) is 3.28. The predicted molar refractivity (Wildman–Crippen MR) is 263 cm³/mol. The number of halogens is 2. The number of amides is 4. The Kier molecular flexibility index (Phi) is 20.1. The largest absolute Gasteiger partial charge is 0.493 e. The fourth-order valence-electron chi connectivity index (χ4n) is 7.88. The molecule has 4 aromatic carbocycles. The summed E-state index contributed by atoms with van der Waals surface area (Å²) in [6.45, 7) is 4.51. The number of rotatable bonds is 30. The number of carbonyl (C=O) groups is 4. The third-order valence-corrected chi connectivity index (χ3v) is 11.8. The molecule has 1 fully saturated rings. The molecule has 21 nitrogen and oxygen atoms in total. The Labute approximate surface area is 424 Å². The number of anilines is 3. The molecule has 2 aliphatic heterocycles. The monoisotopic (exact) mass is 1030 g/mol. The number of piperidine rings is 1. The number of hydrogen-bond donors (Lipinski definition) is 2. The molecule has 7 rings (SSSR count). The fourth-order valence-corrected chi connectivity index (χ4v) is 8.05. The minimum Gasteiger partial charge on any atom is -0.493 e. The number of nitro groups is 1. The van der Waals surface area contributed by atoms with Crippen LogP contribution in [-0.2, 0) is 55.9 Å². The molecule has 2 N–H and O–H groups in total. The van der Waals surface area contributed by atoms with Gasteiger partial charge in [0.15, 0.2) is 11.5 Å². The molecule has 0 saturated carbocycles. The summed E-state index contributed by atoms with van der Waals surface area (Å²) in [6.07, 6.45) is 1.90. The lowest BCUT2D eigenvalue weighted by molar-refractivity contribution is -0.384. The van der Waals surface area contributed by atoms with Crippen LogP contribution in [0.15, 0.2) is 79.1 Å². The molecule has 0 spiro atoms. The van der Waals surface area contributed by atoms with Crippen LogP contribution in [0.25, 0.3) is 10.9 Å². The van der Waals surface area contributed by atoms with Crippen molar-refractivity contribution < 1.29 is 66.4 Å².